The van der Waals surface area contributed by atoms with Crippen LogP contribution in [-0.2, 0) is 16.6 Å². The van der Waals surface area contributed by atoms with Crippen LogP contribution < -0.4 is 5.73 Å². The third kappa shape index (κ3) is 3.40. The zero-order valence-corrected chi connectivity index (χ0v) is 12.7. The number of nitrogen functional groups attached to an aromatic ring is 1. The van der Waals surface area contributed by atoms with E-state index in [-0.39, 0.29) is 11.4 Å². The van der Waals surface area contributed by atoms with Crippen molar-refractivity contribution in [2.45, 2.75) is 18.4 Å². The summed E-state index contributed by atoms with van der Waals surface area (Å²) in [4.78, 5) is -0.0583. The monoisotopic (exact) mass is 308 g/mol. The molecule has 2 rings (SSSR count). The topological polar surface area (TPSA) is 63.4 Å². The number of rotatable bonds is 4. The summed E-state index contributed by atoms with van der Waals surface area (Å²) < 4.78 is 39.5. The molecule has 112 valence electrons. The van der Waals surface area contributed by atoms with Crippen molar-refractivity contribution in [3.05, 3.63) is 59.4 Å². The van der Waals surface area contributed by atoms with Gasteiger partial charge < -0.3 is 5.73 Å². The molecular formula is C15H17FN2O2S. The predicted molar refractivity (Wildman–Crippen MR) is 80.6 cm³/mol. The number of sulfonamides is 1. The van der Waals surface area contributed by atoms with Crippen molar-refractivity contribution in [1.82, 2.24) is 4.31 Å². The fourth-order valence-electron chi connectivity index (χ4n) is 2.03. The van der Waals surface area contributed by atoms with Crippen molar-refractivity contribution in [1.29, 1.82) is 0 Å². The van der Waals surface area contributed by atoms with Gasteiger partial charge in [-0.15, -0.1) is 0 Å². The summed E-state index contributed by atoms with van der Waals surface area (Å²) in [7, 11) is -2.31. The van der Waals surface area contributed by atoms with Gasteiger partial charge in [-0.25, -0.2) is 12.8 Å². The summed E-state index contributed by atoms with van der Waals surface area (Å²) in [5.74, 6) is -0.568. The maximum Gasteiger partial charge on any atom is 0.243 e. The Morgan fingerprint density at radius 2 is 1.86 bits per heavy atom. The van der Waals surface area contributed by atoms with Gasteiger partial charge in [0.15, 0.2) is 0 Å². The smallest absolute Gasteiger partial charge is 0.243 e. The molecule has 0 aliphatic carbocycles. The average Bonchev–Trinajstić information content (AvgIpc) is 2.40. The van der Waals surface area contributed by atoms with Crippen LogP contribution in [0.25, 0.3) is 0 Å². The van der Waals surface area contributed by atoms with Crippen LogP contribution in [0.15, 0.2) is 47.4 Å². The molecule has 6 heteroatoms. The lowest BCUT2D eigenvalue weighted by Gasteiger charge is -2.18. The Labute approximate surface area is 124 Å². The Balaban J connectivity index is 2.33. The largest absolute Gasteiger partial charge is 0.398 e. The number of halogens is 1. The van der Waals surface area contributed by atoms with Gasteiger partial charge in [0.25, 0.3) is 0 Å². The van der Waals surface area contributed by atoms with Gasteiger partial charge in [-0.1, -0.05) is 18.2 Å². The lowest BCUT2D eigenvalue weighted by molar-refractivity contribution is 0.466. The first-order chi connectivity index (χ1) is 9.80. The second-order valence-corrected chi connectivity index (χ2v) is 6.97. The van der Waals surface area contributed by atoms with Crippen molar-refractivity contribution in [2.24, 2.45) is 0 Å². The number of nitrogens with two attached hydrogens (primary N) is 1. The van der Waals surface area contributed by atoms with Crippen LogP contribution in [-0.4, -0.2) is 19.8 Å². The van der Waals surface area contributed by atoms with E-state index >= 15 is 0 Å². The molecule has 0 spiro atoms. The average molecular weight is 308 g/mol. The molecule has 2 N–H and O–H groups in total. The van der Waals surface area contributed by atoms with Crippen molar-refractivity contribution in [3.63, 3.8) is 0 Å². The van der Waals surface area contributed by atoms with Crippen LogP contribution >= 0.6 is 0 Å². The molecule has 0 heterocycles. The predicted octanol–water partition coefficient (Wildman–Crippen LogP) is 2.54. The van der Waals surface area contributed by atoms with E-state index in [4.69, 9.17) is 5.73 Å². The highest BCUT2D eigenvalue weighted by molar-refractivity contribution is 7.89. The van der Waals surface area contributed by atoms with Crippen LogP contribution in [0.5, 0.6) is 0 Å². The van der Waals surface area contributed by atoms with Crippen molar-refractivity contribution >= 4 is 15.7 Å². The Morgan fingerprint density at radius 1 is 1.19 bits per heavy atom. The first-order valence-electron chi connectivity index (χ1n) is 6.37. The Morgan fingerprint density at radius 3 is 2.48 bits per heavy atom. The zero-order valence-electron chi connectivity index (χ0n) is 11.9. The fraction of sp³-hybridized carbons (Fsp3) is 0.200. The maximum absolute atomic E-state index is 13.4. The number of hydrogen-bond donors (Lipinski definition) is 1. The molecule has 0 aliphatic rings. The number of benzene rings is 2. The van der Waals surface area contributed by atoms with Gasteiger partial charge in [0.1, 0.15) is 5.82 Å². The highest BCUT2D eigenvalue weighted by Crippen LogP contribution is 2.21. The van der Waals surface area contributed by atoms with Gasteiger partial charge in [0.2, 0.25) is 10.0 Å². The number of para-hydroxylation sites is 1. The SMILES string of the molecule is Cc1cc(F)cc(S(=O)(=O)N(C)Cc2ccccc2N)c1. The van der Waals surface area contributed by atoms with Gasteiger partial charge in [-0.3, -0.25) is 0 Å². The Bertz CT molecular complexity index is 740. The number of nitrogens with zero attached hydrogens (tertiary/aromatic N) is 1. The minimum absolute atomic E-state index is 0.0583. The summed E-state index contributed by atoms with van der Waals surface area (Å²) in [5.41, 5.74) is 7.60. The van der Waals surface area contributed by atoms with Gasteiger partial charge in [-0.05, 0) is 42.3 Å². The summed E-state index contributed by atoms with van der Waals surface area (Å²) in [6, 6.07) is 10.8. The molecule has 0 saturated carbocycles. The van der Waals surface area contributed by atoms with Crippen molar-refractivity contribution in [2.75, 3.05) is 12.8 Å². The minimum atomic E-state index is -3.76. The second kappa shape index (κ2) is 5.83. The van der Waals surface area contributed by atoms with Gasteiger partial charge in [0.05, 0.1) is 4.90 Å². The molecule has 0 fully saturated rings. The highest BCUT2D eigenvalue weighted by atomic mass is 32.2. The third-order valence-electron chi connectivity index (χ3n) is 3.17. The second-order valence-electron chi connectivity index (χ2n) is 4.92. The maximum atomic E-state index is 13.4. The molecule has 2 aromatic carbocycles. The Kier molecular flexibility index (Phi) is 4.29. The van der Waals surface area contributed by atoms with Crippen LogP contribution in [0.1, 0.15) is 11.1 Å². The molecule has 0 atom stereocenters. The summed E-state index contributed by atoms with van der Waals surface area (Å²) in [6.07, 6.45) is 0. The molecule has 0 aromatic heterocycles. The van der Waals surface area contributed by atoms with E-state index in [1.165, 1.54) is 19.2 Å². The summed E-state index contributed by atoms with van der Waals surface area (Å²) >= 11 is 0. The lowest BCUT2D eigenvalue weighted by atomic mass is 10.2. The molecule has 2 aromatic rings. The first-order valence-corrected chi connectivity index (χ1v) is 7.81. The molecule has 0 aliphatic heterocycles. The van der Waals surface area contributed by atoms with Gasteiger partial charge >= 0.3 is 0 Å². The molecule has 0 saturated heterocycles. The third-order valence-corrected chi connectivity index (χ3v) is 4.95. The van der Waals surface area contributed by atoms with Crippen LogP contribution in [0.4, 0.5) is 10.1 Å². The zero-order chi connectivity index (χ0) is 15.6. The summed E-state index contributed by atoms with van der Waals surface area (Å²) in [5, 5.41) is 0. The van der Waals surface area contributed by atoms with E-state index in [0.717, 1.165) is 10.4 Å². The standard InChI is InChI=1S/C15H17FN2O2S/c1-11-7-13(16)9-14(8-11)21(19,20)18(2)10-12-5-3-4-6-15(12)17/h3-9H,10,17H2,1-2H3. The molecule has 0 unspecified atom stereocenters. The van der Waals surface area contributed by atoms with E-state index in [1.807, 2.05) is 0 Å². The van der Waals surface area contributed by atoms with Crippen molar-refractivity contribution in [3.8, 4) is 0 Å². The molecular weight excluding hydrogens is 291 g/mol. The van der Waals surface area contributed by atoms with Crippen LogP contribution in [0, 0.1) is 12.7 Å². The van der Waals surface area contributed by atoms with Gasteiger partial charge in [0, 0.05) is 19.3 Å². The van der Waals surface area contributed by atoms with Crippen LogP contribution in [0.3, 0.4) is 0 Å². The van der Waals surface area contributed by atoms with E-state index in [0.29, 0.717) is 16.8 Å². The van der Waals surface area contributed by atoms with Gasteiger partial charge in [-0.2, -0.15) is 4.31 Å². The van der Waals surface area contributed by atoms with Crippen molar-refractivity contribution < 1.29 is 12.8 Å². The molecule has 21 heavy (non-hydrogen) atoms. The molecule has 0 radical (unpaired) electrons. The highest BCUT2D eigenvalue weighted by Gasteiger charge is 2.22. The summed E-state index contributed by atoms with van der Waals surface area (Å²) in [6.45, 7) is 1.78. The normalized spacial score (nSPS) is 11.8. The first kappa shape index (κ1) is 15.5. The quantitative estimate of drug-likeness (QED) is 0.883. The molecule has 4 nitrogen and oxygen atoms in total. The van der Waals surface area contributed by atoms with E-state index in [2.05, 4.69) is 0 Å². The van der Waals surface area contributed by atoms with Crippen LogP contribution in [0.2, 0.25) is 0 Å². The van der Waals surface area contributed by atoms with E-state index < -0.39 is 15.8 Å². The van der Waals surface area contributed by atoms with E-state index in [9.17, 15) is 12.8 Å². The molecule has 0 amide bonds. The minimum Gasteiger partial charge on any atom is -0.398 e. The number of anilines is 1. The van der Waals surface area contributed by atoms with E-state index in [1.54, 1.807) is 31.2 Å². The lowest BCUT2D eigenvalue weighted by Crippen LogP contribution is -2.27. The Hall–Kier alpha value is -1.92. The molecule has 0 bridgehead atoms. The number of hydrogen-bond acceptors (Lipinski definition) is 3. The number of aryl methyl sites for hydroxylation is 1. The fourth-order valence-corrected chi connectivity index (χ4v) is 3.30.